The molecule has 3 rings (SSSR count). The van der Waals surface area contributed by atoms with Gasteiger partial charge in [0.2, 0.25) is 5.88 Å². The van der Waals surface area contributed by atoms with Crippen molar-refractivity contribution in [3.63, 3.8) is 0 Å². The van der Waals surface area contributed by atoms with E-state index >= 15 is 0 Å². The molecule has 0 fully saturated rings. The number of benzene rings is 1. The molecule has 2 heterocycles. The molecular formula is C17H17N3O3. The van der Waals surface area contributed by atoms with Gasteiger partial charge in [0.1, 0.15) is 6.61 Å². The van der Waals surface area contributed by atoms with Gasteiger partial charge < -0.3 is 20.6 Å². The minimum absolute atomic E-state index is 0.129. The highest BCUT2D eigenvalue weighted by Crippen LogP contribution is 2.27. The van der Waals surface area contributed by atoms with Crippen LogP contribution in [0.1, 0.15) is 23.6 Å². The summed E-state index contributed by atoms with van der Waals surface area (Å²) in [6.45, 7) is 0.417. The zero-order valence-electron chi connectivity index (χ0n) is 12.4. The molecule has 23 heavy (non-hydrogen) atoms. The summed E-state index contributed by atoms with van der Waals surface area (Å²) >= 11 is 0. The van der Waals surface area contributed by atoms with Gasteiger partial charge in [0.15, 0.2) is 0 Å². The maximum absolute atomic E-state index is 10.8. The van der Waals surface area contributed by atoms with E-state index in [2.05, 4.69) is 9.97 Å². The number of carboxylic acid groups (broad SMARTS) is 1. The van der Waals surface area contributed by atoms with Crippen LogP contribution in [-0.4, -0.2) is 21.0 Å². The number of aromatic amines is 1. The second-order valence-corrected chi connectivity index (χ2v) is 5.29. The van der Waals surface area contributed by atoms with Crippen LogP contribution in [0.5, 0.6) is 5.88 Å². The van der Waals surface area contributed by atoms with Crippen LogP contribution >= 0.6 is 0 Å². The number of aromatic nitrogens is 2. The number of H-pyrrole nitrogens is 1. The van der Waals surface area contributed by atoms with E-state index in [1.54, 1.807) is 18.5 Å². The number of nitrogens with two attached hydrogens (primary N) is 1. The molecule has 118 valence electrons. The Morgan fingerprint density at radius 1 is 1.35 bits per heavy atom. The van der Waals surface area contributed by atoms with Gasteiger partial charge >= 0.3 is 5.97 Å². The van der Waals surface area contributed by atoms with Gasteiger partial charge in [-0.1, -0.05) is 30.3 Å². The minimum Gasteiger partial charge on any atom is -0.481 e. The van der Waals surface area contributed by atoms with Gasteiger partial charge in [-0.25, -0.2) is 4.98 Å². The number of aliphatic carboxylic acids is 1. The predicted octanol–water partition coefficient (Wildman–Crippen LogP) is 2.62. The highest BCUT2D eigenvalue weighted by atomic mass is 16.5. The first-order chi connectivity index (χ1) is 11.1. The second kappa shape index (κ2) is 6.50. The molecule has 2 aromatic heterocycles. The van der Waals surface area contributed by atoms with Crippen molar-refractivity contribution in [1.82, 2.24) is 9.97 Å². The van der Waals surface area contributed by atoms with E-state index in [4.69, 9.17) is 15.6 Å². The number of nitrogens with one attached hydrogen (secondary N) is 1. The summed E-state index contributed by atoms with van der Waals surface area (Å²) in [6, 6.07) is 11.0. The van der Waals surface area contributed by atoms with Crippen molar-refractivity contribution >= 4 is 16.9 Å². The van der Waals surface area contributed by atoms with E-state index in [1.165, 1.54) is 0 Å². The Hall–Kier alpha value is -2.86. The molecule has 4 N–H and O–H groups in total. The number of rotatable bonds is 6. The Labute approximate surface area is 132 Å². The molecule has 0 spiro atoms. The summed E-state index contributed by atoms with van der Waals surface area (Å²) in [5.41, 5.74) is 8.55. The lowest BCUT2D eigenvalue weighted by atomic mass is 10.0. The third-order valence-electron chi connectivity index (χ3n) is 3.60. The number of nitrogens with zero attached hydrogens (tertiary/aromatic N) is 1. The molecule has 1 unspecified atom stereocenters. The second-order valence-electron chi connectivity index (χ2n) is 5.29. The molecule has 1 atom stereocenters. The molecule has 0 bridgehead atoms. The van der Waals surface area contributed by atoms with Crippen LogP contribution in [0.15, 0.2) is 48.8 Å². The molecule has 0 radical (unpaired) electrons. The Kier molecular flexibility index (Phi) is 4.25. The van der Waals surface area contributed by atoms with Crippen LogP contribution < -0.4 is 10.5 Å². The maximum Gasteiger partial charge on any atom is 0.305 e. The van der Waals surface area contributed by atoms with Gasteiger partial charge in [-0.15, -0.1) is 0 Å². The van der Waals surface area contributed by atoms with Crippen LogP contribution in [0.2, 0.25) is 0 Å². The van der Waals surface area contributed by atoms with E-state index in [0.717, 1.165) is 22.0 Å². The van der Waals surface area contributed by atoms with Crippen LogP contribution in [0.4, 0.5) is 0 Å². The van der Waals surface area contributed by atoms with E-state index < -0.39 is 12.0 Å². The number of hydrogen-bond donors (Lipinski definition) is 3. The monoisotopic (exact) mass is 311 g/mol. The maximum atomic E-state index is 10.8. The summed E-state index contributed by atoms with van der Waals surface area (Å²) < 4.78 is 5.70. The van der Waals surface area contributed by atoms with Gasteiger partial charge in [0.25, 0.3) is 0 Å². The summed E-state index contributed by atoms with van der Waals surface area (Å²) in [4.78, 5) is 18.1. The summed E-state index contributed by atoms with van der Waals surface area (Å²) in [7, 11) is 0. The quantitative estimate of drug-likeness (QED) is 0.649. The molecule has 0 aliphatic rings. The molecule has 1 aromatic carbocycles. The Morgan fingerprint density at radius 3 is 2.87 bits per heavy atom. The Balaban J connectivity index is 1.81. The Morgan fingerprint density at radius 2 is 2.13 bits per heavy atom. The molecule has 3 aromatic rings. The van der Waals surface area contributed by atoms with E-state index in [-0.39, 0.29) is 6.42 Å². The van der Waals surface area contributed by atoms with Crippen LogP contribution in [0.25, 0.3) is 10.9 Å². The van der Waals surface area contributed by atoms with Crippen molar-refractivity contribution in [3.05, 3.63) is 59.9 Å². The van der Waals surface area contributed by atoms with E-state index in [1.807, 2.05) is 30.3 Å². The molecule has 6 nitrogen and oxygen atoms in total. The van der Waals surface area contributed by atoms with Crippen molar-refractivity contribution in [2.45, 2.75) is 19.1 Å². The number of ether oxygens (including phenoxy) is 1. The zero-order valence-corrected chi connectivity index (χ0v) is 12.4. The van der Waals surface area contributed by atoms with Crippen LogP contribution in [-0.2, 0) is 11.4 Å². The van der Waals surface area contributed by atoms with Gasteiger partial charge in [0, 0.05) is 23.7 Å². The van der Waals surface area contributed by atoms with E-state index in [0.29, 0.717) is 12.5 Å². The first-order valence-corrected chi connectivity index (χ1v) is 7.24. The highest BCUT2D eigenvalue weighted by Gasteiger charge is 2.16. The van der Waals surface area contributed by atoms with Gasteiger partial charge in [-0.3, -0.25) is 4.79 Å². The SMILES string of the molecule is NC(CC(=O)O)c1c[nH]c2cnc(OCc3ccccc3)cc12. The van der Waals surface area contributed by atoms with Gasteiger partial charge in [-0.05, 0) is 11.1 Å². The lowest BCUT2D eigenvalue weighted by molar-refractivity contribution is -0.137. The van der Waals surface area contributed by atoms with E-state index in [9.17, 15) is 4.79 Å². The number of carboxylic acids is 1. The molecular weight excluding hydrogens is 294 g/mol. The van der Waals surface area contributed by atoms with Crippen molar-refractivity contribution in [3.8, 4) is 5.88 Å². The third-order valence-corrected chi connectivity index (χ3v) is 3.60. The molecule has 0 aliphatic carbocycles. The number of fused-ring (bicyclic) bond motifs is 1. The molecule has 0 saturated heterocycles. The average molecular weight is 311 g/mol. The third kappa shape index (κ3) is 3.49. The average Bonchev–Trinajstić information content (AvgIpc) is 2.96. The van der Waals surface area contributed by atoms with Crippen molar-refractivity contribution in [2.75, 3.05) is 0 Å². The molecule has 6 heteroatoms. The fourth-order valence-corrected chi connectivity index (χ4v) is 2.44. The van der Waals surface area contributed by atoms with Crippen molar-refractivity contribution in [2.24, 2.45) is 5.73 Å². The van der Waals surface area contributed by atoms with Gasteiger partial charge in [0.05, 0.1) is 18.1 Å². The topological polar surface area (TPSA) is 101 Å². The molecule has 0 saturated carbocycles. The van der Waals surface area contributed by atoms with Crippen LogP contribution in [0.3, 0.4) is 0 Å². The smallest absolute Gasteiger partial charge is 0.305 e. The fraction of sp³-hybridized carbons (Fsp3) is 0.176. The first kappa shape index (κ1) is 15.1. The number of pyridine rings is 1. The fourth-order valence-electron chi connectivity index (χ4n) is 2.44. The standard InChI is InChI=1S/C17H17N3O3/c18-14(7-17(21)22)13-8-19-15-9-20-16(6-12(13)15)23-10-11-4-2-1-3-5-11/h1-6,8-9,14,19H,7,10,18H2,(H,21,22). The summed E-state index contributed by atoms with van der Waals surface area (Å²) in [5, 5.41) is 9.72. The van der Waals surface area contributed by atoms with Crippen molar-refractivity contribution in [1.29, 1.82) is 0 Å². The largest absolute Gasteiger partial charge is 0.481 e. The normalized spacial score (nSPS) is 12.2. The van der Waals surface area contributed by atoms with Crippen molar-refractivity contribution < 1.29 is 14.6 Å². The first-order valence-electron chi connectivity index (χ1n) is 7.24. The number of hydrogen-bond acceptors (Lipinski definition) is 4. The molecule has 0 aliphatic heterocycles. The Bertz CT molecular complexity index is 814. The minimum atomic E-state index is -0.929. The number of carbonyl (C=O) groups is 1. The lowest BCUT2D eigenvalue weighted by Crippen LogP contribution is -2.14. The summed E-state index contributed by atoms with van der Waals surface area (Å²) in [5.74, 6) is -0.453. The predicted molar refractivity (Wildman–Crippen MR) is 86.0 cm³/mol. The zero-order chi connectivity index (χ0) is 16.2. The molecule has 0 amide bonds. The van der Waals surface area contributed by atoms with Crippen LogP contribution in [0, 0.1) is 0 Å². The lowest BCUT2D eigenvalue weighted by Gasteiger charge is -2.09. The summed E-state index contributed by atoms with van der Waals surface area (Å²) in [6.07, 6.45) is 3.25. The highest BCUT2D eigenvalue weighted by molar-refractivity contribution is 5.84. The van der Waals surface area contributed by atoms with Gasteiger partial charge in [-0.2, -0.15) is 0 Å².